The lowest BCUT2D eigenvalue weighted by Crippen LogP contribution is -2.19. The first-order chi connectivity index (χ1) is 6.11. The molecule has 0 aromatic heterocycles. The van der Waals surface area contributed by atoms with Gasteiger partial charge in [-0.05, 0) is 19.8 Å². The van der Waals surface area contributed by atoms with E-state index >= 15 is 0 Å². The molecule has 0 aromatic carbocycles. The average Bonchev–Trinajstić information content (AvgIpc) is 2.10. The summed E-state index contributed by atoms with van der Waals surface area (Å²) in [6.45, 7) is 4.37. The molecule has 0 amide bonds. The third-order valence-corrected chi connectivity index (χ3v) is 1.63. The maximum Gasteiger partial charge on any atom is 0.320 e. The third kappa shape index (κ3) is 5.21. The van der Waals surface area contributed by atoms with Gasteiger partial charge in [0.05, 0.1) is 12.2 Å². The summed E-state index contributed by atoms with van der Waals surface area (Å²) in [6, 6.07) is 1.73. The van der Waals surface area contributed by atoms with Crippen LogP contribution >= 0.6 is 0 Å². The Labute approximate surface area is 78.1 Å². The summed E-state index contributed by atoms with van der Waals surface area (Å²) in [7, 11) is 0. The van der Waals surface area contributed by atoms with E-state index in [1.807, 2.05) is 6.92 Å². The lowest BCUT2D eigenvalue weighted by molar-refractivity contribution is -0.140. The zero-order chi connectivity index (χ0) is 10.3. The fourth-order valence-electron chi connectivity index (χ4n) is 0.928. The predicted octanol–water partition coefficient (Wildman–Crippen LogP) is 1.42. The summed E-state index contributed by atoms with van der Waals surface area (Å²) >= 11 is 0. The number of aliphatic carboxylic acids is 1. The minimum Gasteiger partial charge on any atom is -0.480 e. The Bertz CT molecular complexity index is 198. The Kier molecular flexibility index (Phi) is 5.90. The van der Waals surface area contributed by atoms with Gasteiger partial charge >= 0.3 is 5.97 Å². The number of carboxylic acid groups (broad SMARTS) is 1. The van der Waals surface area contributed by atoms with Crippen LogP contribution in [0, 0.1) is 17.2 Å². The molecule has 0 heterocycles. The van der Waals surface area contributed by atoms with Crippen LogP contribution < -0.4 is 0 Å². The molecule has 4 nitrogen and oxygen atoms in total. The summed E-state index contributed by atoms with van der Waals surface area (Å²) < 4.78 is 5.26. The highest BCUT2D eigenvalue weighted by Crippen LogP contribution is 2.08. The first-order valence-corrected chi connectivity index (χ1v) is 4.35. The molecule has 0 rings (SSSR count). The molecular formula is C9H15NO3. The van der Waals surface area contributed by atoms with Crippen molar-refractivity contribution in [1.82, 2.24) is 0 Å². The van der Waals surface area contributed by atoms with E-state index in [0.717, 1.165) is 6.42 Å². The van der Waals surface area contributed by atoms with E-state index < -0.39 is 11.9 Å². The van der Waals surface area contributed by atoms with E-state index in [-0.39, 0.29) is 12.5 Å². The fourth-order valence-corrected chi connectivity index (χ4v) is 0.928. The van der Waals surface area contributed by atoms with E-state index in [9.17, 15) is 4.79 Å². The van der Waals surface area contributed by atoms with Crippen LogP contribution in [0.5, 0.6) is 0 Å². The van der Waals surface area contributed by atoms with Crippen molar-refractivity contribution in [3.8, 4) is 6.07 Å². The van der Waals surface area contributed by atoms with Crippen molar-refractivity contribution in [3.05, 3.63) is 0 Å². The summed E-state index contributed by atoms with van der Waals surface area (Å²) in [5.41, 5.74) is 0. The Morgan fingerprint density at radius 3 is 2.69 bits per heavy atom. The summed E-state index contributed by atoms with van der Waals surface area (Å²) in [4.78, 5) is 10.5. The number of hydrogen-bond acceptors (Lipinski definition) is 3. The lowest BCUT2D eigenvalue weighted by atomic mass is 10.0. The number of rotatable bonds is 6. The first-order valence-electron chi connectivity index (χ1n) is 4.35. The SMILES string of the molecule is CCCOC(C)CC(C#N)C(=O)O. The molecule has 2 unspecified atom stereocenters. The smallest absolute Gasteiger partial charge is 0.320 e. The van der Waals surface area contributed by atoms with Gasteiger partial charge in [-0.1, -0.05) is 6.92 Å². The Balaban J connectivity index is 3.82. The molecule has 74 valence electrons. The van der Waals surface area contributed by atoms with E-state index in [0.29, 0.717) is 6.61 Å². The molecular weight excluding hydrogens is 170 g/mol. The highest BCUT2D eigenvalue weighted by molar-refractivity contribution is 5.72. The van der Waals surface area contributed by atoms with Crippen molar-refractivity contribution >= 4 is 5.97 Å². The molecule has 0 saturated carbocycles. The topological polar surface area (TPSA) is 70.3 Å². The van der Waals surface area contributed by atoms with Crippen molar-refractivity contribution in [1.29, 1.82) is 5.26 Å². The maximum atomic E-state index is 10.5. The number of nitriles is 1. The maximum absolute atomic E-state index is 10.5. The molecule has 4 heteroatoms. The van der Waals surface area contributed by atoms with Crippen LogP contribution in [0.3, 0.4) is 0 Å². The first kappa shape index (κ1) is 11.9. The van der Waals surface area contributed by atoms with E-state index in [1.165, 1.54) is 0 Å². The van der Waals surface area contributed by atoms with Gasteiger partial charge in [-0.3, -0.25) is 4.79 Å². The van der Waals surface area contributed by atoms with Crippen LogP contribution in [0.25, 0.3) is 0 Å². The van der Waals surface area contributed by atoms with Crippen LogP contribution in [-0.4, -0.2) is 23.8 Å². The van der Waals surface area contributed by atoms with Crippen molar-refractivity contribution in [3.63, 3.8) is 0 Å². The molecule has 0 fully saturated rings. The Hall–Kier alpha value is -1.08. The molecule has 0 saturated heterocycles. The summed E-state index contributed by atoms with van der Waals surface area (Å²) in [5.74, 6) is -2.03. The lowest BCUT2D eigenvalue weighted by Gasteiger charge is -2.13. The summed E-state index contributed by atoms with van der Waals surface area (Å²) in [6.07, 6.45) is 0.987. The number of nitrogens with zero attached hydrogens (tertiary/aromatic N) is 1. The molecule has 0 aliphatic carbocycles. The van der Waals surface area contributed by atoms with E-state index in [4.69, 9.17) is 15.1 Å². The number of carbonyl (C=O) groups is 1. The third-order valence-electron chi connectivity index (χ3n) is 1.63. The van der Waals surface area contributed by atoms with Gasteiger partial charge in [0.25, 0.3) is 0 Å². The van der Waals surface area contributed by atoms with Crippen LogP contribution in [0.15, 0.2) is 0 Å². The van der Waals surface area contributed by atoms with Crippen molar-refractivity contribution < 1.29 is 14.6 Å². The van der Waals surface area contributed by atoms with Gasteiger partial charge in [0.1, 0.15) is 5.92 Å². The highest BCUT2D eigenvalue weighted by atomic mass is 16.5. The van der Waals surface area contributed by atoms with Gasteiger partial charge in [-0.15, -0.1) is 0 Å². The monoisotopic (exact) mass is 185 g/mol. The van der Waals surface area contributed by atoms with Crippen LogP contribution in [0.1, 0.15) is 26.7 Å². The quantitative estimate of drug-likeness (QED) is 0.679. The van der Waals surface area contributed by atoms with Crippen LogP contribution in [0.4, 0.5) is 0 Å². The molecule has 2 atom stereocenters. The zero-order valence-electron chi connectivity index (χ0n) is 7.99. The van der Waals surface area contributed by atoms with Crippen molar-refractivity contribution in [2.24, 2.45) is 5.92 Å². The van der Waals surface area contributed by atoms with E-state index in [2.05, 4.69) is 0 Å². The molecule has 0 aliphatic rings. The number of carboxylic acids is 1. The number of ether oxygens (including phenoxy) is 1. The standard InChI is InChI=1S/C9H15NO3/c1-3-4-13-7(2)5-8(6-10)9(11)12/h7-8H,3-5H2,1-2H3,(H,11,12). The highest BCUT2D eigenvalue weighted by Gasteiger charge is 2.19. The van der Waals surface area contributed by atoms with Gasteiger partial charge in [0, 0.05) is 6.61 Å². The second kappa shape index (κ2) is 6.44. The largest absolute Gasteiger partial charge is 0.480 e. The molecule has 0 spiro atoms. The normalized spacial score (nSPS) is 14.5. The van der Waals surface area contributed by atoms with Gasteiger partial charge in [0.15, 0.2) is 0 Å². The Morgan fingerprint density at radius 2 is 2.31 bits per heavy atom. The van der Waals surface area contributed by atoms with Gasteiger partial charge in [-0.25, -0.2) is 0 Å². The van der Waals surface area contributed by atoms with Crippen molar-refractivity contribution in [2.45, 2.75) is 32.8 Å². The van der Waals surface area contributed by atoms with Crippen molar-refractivity contribution in [2.75, 3.05) is 6.61 Å². The van der Waals surface area contributed by atoms with Gasteiger partial charge < -0.3 is 9.84 Å². The fraction of sp³-hybridized carbons (Fsp3) is 0.778. The van der Waals surface area contributed by atoms with Gasteiger partial charge in [0.2, 0.25) is 0 Å². The second-order valence-corrected chi connectivity index (χ2v) is 2.94. The second-order valence-electron chi connectivity index (χ2n) is 2.94. The number of hydrogen-bond donors (Lipinski definition) is 1. The zero-order valence-corrected chi connectivity index (χ0v) is 7.99. The van der Waals surface area contributed by atoms with E-state index in [1.54, 1.807) is 13.0 Å². The summed E-state index contributed by atoms with van der Waals surface area (Å²) in [5, 5.41) is 17.1. The van der Waals surface area contributed by atoms with Crippen LogP contribution in [-0.2, 0) is 9.53 Å². The van der Waals surface area contributed by atoms with Crippen LogP contribution in [0.2, 0.25) is 0 Å². The average molecular weight is 185 g/mol. The Morgan fingerprint density at radius 1 is 1.69 bits per heavy atom. The minimum absolute atomic E-state index is 0.166. The molecule has 1 N–H and O–H groups in total. The molecule has 13 heavy (non-hydrogen) atoms. The van der Waals surface area contributed by atoms with Gasteiger partial charge in [-0.2, -0.15) is 5.26 Å². The molecule has 0 aromatic rings. The molecule has 0 radical (unpaired) electrons. The molecule has 0 bridgehead atoms. The molecule has 0 aliphatic heterocycles. The predicted molar refractivity (Wildman–Crippen MR) is 47.1 cm³/mol. The minimum atomic E-state index is -1.07.